The number of carbonyl (C=O) groups is 2. The molecule has 2 rings (SSSR count). The van der Waals surface area contributed by atoms with E-state index in [0.29, 0.717) is 18.4 Å². The van der Waals surface area contributed by atoms with E-state index in [1.807, 2.05) is 0 Å². The first kappa shape index (κ1) is 11.6. The molecule has 1 aliphatic carbocycles. The van der Waals surface area contributed by atoms with Crippen LogP contribution in [0.2, 0.25) is 0 Å². The molecule has 0 saturated carbocycles. The minimum absolute atomic E-state index is 0.0473. The van der Waals surface area contributed by atoms with Crippen LogP contribution in [0.5, 0.6) is 0 Å². The molecule has 0 aliphatic heterocycles. The maximum atomic E-state index is 11.6. The second-order valence-electron chi connectivity index (χ2n) is 3.78. The Labute approximate surface area is 97.6 Å². The third kappa shape index (κ3) is 2.01. The number of fused-ring (bicyclic) bond motifs is 1. The number of aromatic carboxylic acids is 1. The Balaban J connectivity index is 2.29. The predicted octanol–water partition coefficient (Wildman–Crippen LogP) is 0.633. The maximum absolute atomic E-state index is 11.6. The zero-order valence-corrected chi connectivity index (χ0v) is 9.10. The third-order valence-corrected chi connectivity index (χ3v) is 2.83. The van der Waals surface area contributed by atoms with E-state index in [1.54, 1.807) is 0 Å². The summed E-state index contributed by atoms with van der Waals surface area (Å²) in [6.45, 7) is -0.268. The molecule has 17 heavy (non-hydrogen) atoms. The summed E-state index contributed by atoms with van der Waals surface area (Å²) in [5.41, 5.74) is 2.14. The molecule has 0 bridgehead atoms. The molecule has 0 heterocycles. The maximum Gasteiger partial charge on any atom is 0.338 e. The molecule has 0 unspecified atom stereocenters. The summed E-state index contributed by atoms with van der Waals surface area (Å²) in [7, 11) is 0. The Kier molecular flexibility index (Phi) is 3.10. The largest absolute Gasteiger partial charge is 0.478 e. The lowest BCUT2D eigenvalue weighted by atomic mass is 9.81. The van der Waals surface area contributed by atoms with Gasteiger partial charge in [0, 0.05) is 0 Å². The van der Waals surface area contributed by atoms with Gasteiger partial charge in [0.1, 0.15) is 6.61 Å². The topological polar surface area (TPSA) is 83.8 Å². The third-order valence-electron chi connectivity index (χ3n) is 2.83. The average molecular weight is 236 g/mol. The van der Waals surface area contributed by atoms with Crippen molar-refractivity contribution in [3.63, 3.8) is 0 Å². The van der Waals surface area contributed by atoms with Crippen molar-refractivity contribution in [2.45, 2.75) is 12.8 Å². The molecule has 2 N–H and O–H groups in total. The fourth-order valence-electron chi connectivity index (χ4n) is 1.95. The first-order chi connectivity index (χ1) is 8.15. The highest BCUT2D eigenvalue weighted by Crippen LogP contribution is 2.30. The van der Waals surface area contributed by atoms with Gasteiger partial charge in [-0.25, -0.2) is 9.59 Å². The number of hydrogen-bond donors (Lipinski definition) is 2. The number of aliphatic hydroxyl groups excluding tert-OH is 1. The van der Waals surface area contributed by atoms with Crippen molar-refractivity contribution < 1.29 is 24.5 Å². The summed E-state index contributed by atoms with van der Waals surface area (Å²) in [4.78, 5) is 22.5. The van der Waals surface area contributed by atoms with E-state index >= 15 is 0 Å². The summed E-state index contributed by atoms with van der Waals surface area (Å²) in [6.07, 6.45) is 1.37. The Bertz CT molecular complexity index is 478. The van der Waals surface area contributed by atoms with Crippen molar-refractivity contribution in [2.75, 3.05) is 13.2 Å². The number of carboxylic acid groups (broad SMARTS) is 1. The van der Waals surface area contributed by atoms with E-state index in [-0.39, 0.29) is 18.8 Å². The lowest BCUT2D eigenvalue weighted by Gasteiger charge is -2.23. The molecule has 0 atom stereocenters. The van der Waals surface area contributed by atoms with Crippen molar-refractivity contribution >= 4 is 11.9 Å². The van der Waals surface area contributed by atoms with E-state index in [9.17, 15) is 9.59 Å². The second-order valence-corrected chi connectivity index (χ2v) is 3.78. The summed E-state index contributed by atoms with van der Waals surface area (Å²) in [5.74, 6) is -1.48. The van der Waals surface area contributed by atoms with Crippen molar-refractivity contribution in [3.8, 4) is 0 Å². The molecule has 5 heteroatoms. The second kappa shape index (κ2) is 4.55. The summed E-state index contributed by atoms with van der Waals surface area (Å²) in [5, 5.41) is 17.5. The van der Waals surface area contributed by atoms with Gasteiger partial charge in [-0.05, 0) is 36.1 Å². The molecule has 1 aromatic rings. The molecule has 90 valence electrons. The molecule has 0 amide bonds. The molecular formula is C12H12O5. The molecule has 1 aromatic carbocycles. The lowest BCUT2D eigenvalue weighted by molar-refractivity contribution is 0.0431. The van der Waals surface area contributed by atoms with Crippen LogP contribution in [-0.4, -0.2) is 35.4 Å². The van der Waals surface area contributed by atoms with Gasteiger partial charge in [0.2, 0.25) is 0 Å². The van der Waals surface area contributed by atoms with Crippen molar-refractivity contribution in [2.24, 2.45) is 0 Å². The molecular weight excluding hydrogens is 224 g/mol. The van der Waals surface area contributed by atoms with Gasteiger partial charge in [0.25, 0.3) is 0 Å². The van der Waals surface area contributed by atoms with E-state index < -0.39 is 11.9 Å². The first-order valence-corrected chi connectivity index (χ1v) is 5.31. The normalized spacial score (nSPS) is 12.5. The van der Waals surface area contributed by atoms with Crippen LogP contribution in [0, 0.1) is 0 Å². The number of ether oxygens (including phenoxy) is 1. The van der Waals surface area contributed by atoms with Crippen LogP contribution in [0.4, 0.5) is 0 Å². The molecule has 0 aromatic heterocycles. The standard InChI is InChI=1S/C12H12O5/c13-5-6-17-12(16)10-4-3-9(11(14)15)7-1-2-8(7)10/h3-4,13H,1-2,5-6H2,(H,14,15). The van der Waals surface area contributed by atoms with Gasteiger partial charge in [-0.2, -0.15) is 0 Å². The molecule has 0 radical (unpaired) electrons. The number of carbonyl (C=O) groups excluding carboxylic acids is 1. The quantitative estimate of drug-likeness (QED) is 0.749. The highest BCUT2D eigenvalue weighted by atomic mass is 16.5. The van der Waals surface area contributed by atoms with Gasteiger partial charge >= 0.3 is 11.9 Å². The van der Waals surface area contributed by atoms with Crippen LogP contribution in [0.15, 0.2) is 12.1 Å². The molecule has 1 aliphatic rings. The SMILES string of the molecule is O=C(O)c1ccc(C(=O)OCCO)c2c1CC2. The molecule has 5 nitrogen and oxygen atoms in total. The fraction of sp³-hybridized carbons (Fsp3) is 0.333. The van der Waals surface area contributed by atoms with Crippen molar-refractivity contribution in [3.05, 3.63) is 34.4 Å². The predicted molar refractivity (Wildman–Crippen MR) is 58.2 cm³/mol. The van der Waals surface area contributed by atoms with Crippen molar-refractivity contribution in [1.82, 2.24) is 0 Å². The van der Waals surface area contributed by atoms with Gasteiger partial charge < -0.3 is 14.9 Å². The number of rotatable bonds is 4. The zero-order valence-electron chi connectivity index (χ0n) is 9.10. The van der Waals surface area contributed by atoms with Gasteiger partial charge in [-0.15, -0.1) is 0 Å². The van der Waals surface area contributed by atoms with E-state index in [4.69, 9.17) is 14.9 Å². The van der Waals surface area contributed by atoms with Crippen molar-refractivity contribution in [1.29, 1.82) is 0 Å². The monoisotopic (exact) mass is 236 g/mol. The summed E-state index contributed by atoms with van der Waals surface area (Å²) >= 11 is 0. The highest BCUT2D eigenvalue weighted by molar-refractivity contribution is 5.96. The molecule has 0 saturated heterocycles. The number of hydrogen-bond acceptors (Lipinski definition) is 4. The van der Waals surface area contributed by atoms with Crippen LogP contribution in [0.1, 0.15) is 31.8 Å². The smallest absolute Gasteiger partial charge is 0.338 e. The Hall–Kier alpha value is -1.88. The summed E-state index contributed by atoms with van der Waals surface area (Å²) in [6, 6.07) is 2.90. The fourth-order valence-corrected chi connectivity index (χ4v) is 1.95. The average Bonchev–Trinajstić information content (AvgIpc) is 2.26. The Morgan fingerprint density at radius 3 is 2.29 bits per heavy atom. The van der Waals surface area contributed by atoms with E-state index in [0.717, 1.165) is 11.1 Å². The van der Waals surface area contributed by atoms with Gasteiger partial charge in [0.15, 0.2) is 0 Å². The first-order valence-electron chi connectivity index (χ1n) is 5.31. The minimum atomic E-state index is -0.976. The van der Waals surface area contributed by atoms with Crippen LogP contribution >= 0.6 is 0 Å². The van der Waals surface area contributed by atoms with Crippen LogP contribution in [-0.2, 0) is 17.6 Å². The lowest BCUT2D eigenvalue weighted by Crippen LogP contribution is -2.21. The van der Waals surface area contributed by atoms with E-state index in [1.165, 1.54) is 12.1 Å². The van der Waals surface area contributed by atoms with E-state index in [2.05, 4.69) is 0 Å². The Morgan fingerprint density at radius 1 is 1.18 bits per heavy atom. The number of aliphatic hydroxyl groups is 1. The number of esters is 1. The van der Waals surface area contributed by atoms with Gasteiger partial charge in [0.05, 0.1) is 17.7 Å². The number of benzene rings is 1. The zero-order chi connectivity index (χ0) is 12.4. The Morgan fingerprint density at radius 2 is 1.76 bits per heavy atom. The highest BCUT2D eigenvalue weighted by Gasteiger charge is 2.27. The van der Waals surface area contributed by atoms with Crippen LogP contribution in [0.3, 0.4) is 0 Å². The summed E-state index contributed by atoms with van der Waals surface area (Å²) < 4.78 is 4.81. The number of carboxylic acids is 1. The van der Waals surface area contributed by atoms with Crippen LogP contribution < -0.4 is 0 Å². The molecule has 0 spiro atoms. The van der Waals surface area contributed by atoms with Gasteiger partial charge in [-0.3, -0.25) is 0 Å². The molecule has 0 fully saturated rings. The minimum Gasteiger partial charge on any atom is -0.478 e. The van der Waals surface area contributed by atoms with Crippen LogP contribution in [0.25, 0.3) is 0 Å². The van der Waals surface area contributed by atoms with Gasteiger partial charge in [-0.1, -0.05) is 0 Å².